The minimum Gasteiger partial charge on any atom is -0.503 e. The molecular formula is C27H29N5O14. The lowest BCUT2D eigenvalue weighted by Gasteiger charge is -2.20. The van der Waals surface area contributed by atoms with E-state index >= 15 is 0 Å². The van der Waals surface area contributed by atoms with Gasteiger partial charge in [-0.1, -0.05) is 0 Å². The quantitative estimate of drug-likeness (QED) is 0.0723. The minimum atomic E-state index is -1.21. The standard InChI is InChI=1S/C27H29N5O14/c1-43-16(44-2)12-32-11-13(24(39)28-5-7-30-26(41)22-19(36)14(33)3-9-45-22)18(35)21(38)17(32)25(40)29-6-8-31-27(42)23-20(37)15(34)4-10-46-23/h3-4,9-11,16,36-38H,5-8,12H2,1-2H3,(H,28,39)(H,29,40)(H,30,41)(H,31,42). The van der Waals surface area contributed by atoms with E-state index in [1.165, 1.54) is 14.2 Å². The molecule has 0 saturated carbocycles. The van der Waals surface area contributed by atoms with Crippen LogP contribution in [0.1, 0.15) is 42.0 Å². The number of ether oxygens (including phenoxy) is 2. The zero-order valence-electron chi connectivity index (χ0n) is 24.3. The Morgan fingerprint density at radius 2 is 1.15 bits per heavy atom. The fourth-order valence-corrected chi connectivity index (χ4v) is 3.79. The number of hydrogen-bond donors (Lipinski definition) is 7. The monoisotopic (exact) mass is 647 g/mol. The number of methoxy groups -OCH3 is 2. The van der Waals surface area contributed by atoms with Crippen molar-refractivity contribution in [3.63, 3.8) is 0 Å². The van der Waals surface area contributed by atoms with Gasteiger partial charge in [-0.25, -0.2) is 0 Å². The van der Waals surface area contributed by atoms with Crippen LogP contribution in [0.25, 0.3) is 0 Å². The Morgan fingerprint density at radius 3 is 1.61 bits per heavy atom. The number of hydrogen-bond acceptors (Lipinski definition) is 14. The summed E-state index contributed by atoms with van der Waals surface area (Å²) in [4.78, 5) is 86.0. The molecule has 0 aliphatic heterocycles. The van der Waals surface area contributed by atoms with Crippen LogP contribution >= 0.6 is 0 Å². The lowest BCUT2D eigenvalue weighted by Crippen LogP contribution is -2.39. The molecule has 0 bridgehead atoms. The molecule has 0 aromatic carbocycles. The predicted octanol–water partition coefficient (Wildman–Crippen LogP) is -2.19. The van der Waals surface area contributed by atoms with E-state index in [0.29, 0.717) is 0 Å². The number of pyridine rings is 1. The van der Waals surface area contributed by atoms with Crippen molar-refractivity contribution in [2.45, 2.75) is 12.8 Å². The van der Waals surface area contributed by atoms with Crippen molar-refractivity contribution < 1.29 is 52.8 Å². The van der Waals surface area contributed by atoms with Crippen molar-refractivity contribution in [1.82, 2.24) is 25.8 Å². The summed E-state index contributed by atoms with van der Waals surface area (Å²) in [5, 5.41) is 39.4. The Hall–Kier alpha value is -5.95. The summed E-state index contributed by atoms with van der Waals surface area (Å²) in [5.74, 6) is -8.07. The molecule has 7 N–H and O–H groups in total. The molecule has 19 nitrogen and oxygen atoms in total. The second-order valence-corrected chi connectivity index (χ2v) is 9.07. The topological polar surface area (TPSA) is 278 Å². The third-order valence-corrected chi connectivity index (χ3v) is 6.10. The summed E-state index contributed by atoms with van der Waals surface area (Å²) in [6.45, 7) is -1.26. The maximum absolute atomic E-state index is 13.0. The summed E-state index contributed by atoms with van der Waals surface area (Å²) in [7, 11) is 2.57. The van der Waals surface area contributed by atoms with E-state index in [-0.39, 0.29) is 32.7 Å². The smallest absolute Gasteiger partial charge is 0.291 e. The Balaban J connectivity index is 1.70. The fraction of sp³-hybridized carbons (Fsp3) is 0.296. The number of aromatic nitrogens is 1. The van der Waals surface area contributed by atoms with Gasteiger partial charge in [-0.05, 0) is 0 Å². The molecule has 19 heteroatoms. The zero-order chi connectivity index (χ0) is 34.0. The van der Waals surface area contributed by atoms with E-state index in [9.17, 15) is 48.9 Å². The van der Waals surface area contributed by atoms with Gasteiger partial charge in [0.1, 0.15) is 5.56 Å². The van der Waals surface area contributed by atoms with E-state index < -0.39 is 86.2 Å². The zero-order valence-corrected chi connectivity index (χ0v) is 24.3. The summed E-state index contributed by atoms with van der Waals surface area (Å²) in [6.07, 6.45) is 1.81. The Labute approximate surface area is 257 Å². The summed E-state index contributed by atoms with van der Waals surface area (Å²) in [6, 6.07) is 1.82. The largest absolute Gasteiger partial charge is 0.503 e. The van der Waals surface area contributed by atoms with Crippen LogP contribution in [0, 0.1) is 0 Å². The summed E-state index contributed by atoms with van der Waals surface area (Å²) >= 11 is 0. The van der Waals surface area contributed by atoms with Crippen molar-refractivity contribution in [2.75, 3.05) is 40.4 Å². The number of nitrogens with one attached hydrogen (secondary N) is 4. The van der Waals surface area contributed by atoms with Crippen LogP contribution in [0.5, 0.6) is 17.2 Å². The molecule has 0 aliphatic rings. The van der Waals surface area contributed by atoms with Crippen LogP contribution in [-0.4, -0.2) is 90.2 Å². The molecule has 0 aliphatic carbocycles. The average molecular weight is 648 g/mol. The first kappa shape index (κ1) is 34.5. The first-order valence-corrected chi connectivity index (χ1v) is 13.2. The third kappa shape index (κ3) is 8.15. The number of nitrogens with zero attached hydrogens (tertiary/aromatic N) is 1. The first-order chi connectivity index (χ1) is 21.9. The van der Waals surface area contributed by atoms with Gasteiger partial charge in [-0.3, -0.25) is 33.6 Å². The first-order valence-electron chi connectivity index (χ1n) is 13.2. The van der Waals surface area contributed by atoms with Crippen LogP contribution in [0.3, 0.4) is 0 Å². The molecule has 4 amide bonds. The molecule has 0 unspecified atom stereocenters. The molecule has 0 fully saturated rings. The van der Waals surface area contributed by atoms with Crippen molar-refractivity contribution in [2.24, 2.45) is 0 Å². The van der Waals surface area contributed by atoms with Crippen LogP contribution in [0.2, 0.25) is 0 Å². The van der Waals surface area contributed by atoms with Gasteiger partial charge in [-0.2, -0.15) is 0 Å². The molecule has 0 spiro atoms. The van der Waals surface area contributed by atoms with Gasteiger partial charge < -0.3 is 59.5 Å². The van der Waals surface area contributed by atoms with Gasteiger partial charge in [0.25, 0.3) is 23.6 Å². The lowest BCUT2D eigenvalue weighted by molar-refractivity contribution is -0.111. The molecular weight excluding hydrogens is 618 g/mol. The highest BCUT2D eigenvalue weighted by molar-refractivity contribution is 5.99. The van der Waals surface area contributed by atoms with Gasteiger partial charge in [-0.15, -0.1) is 0 Å². The summed E-state index contributed by atoms with van der Waals surface area (Å²) < 4.78 is 20.9. The maximum Gasteiger partial charge on any atom is 0.291 e. The maximum atomic E-state index is 13.0. The Kier molecular flexibility index (Phi) is 11.8. The van der Waals surface area contributed by atoms with Crippen molar-refractivity contribution in [3.05, 3.63) is 84.3 Å². The van der Waals surface area contributed by atoms with Crippen LogP contribution < -0.4 is 37.6 Å². The summed E-state index contributed by atoms with van der Waals surface area (Å²) in [5.41, 5.74) is -4.06. The van der Waals surface area contributed by atoms with Gasteiger partial charge in [0.2, 0.25) is 39.3 Å². The highest BCUT2D eigenvalue weighted by Gasteiger charge is 2.26. The van der Waals surface area contributed by atoms with Gasteiger partial charge >= 0.3 is 0 Å². The number of carbonyl (C=O) groups is 4. The van der Waals surface area contributed by atoms with E-state index in [0.717, 1.165) is 35.4 Å². The Morgan fingerprint density at radius 1 is 0.717 bits per heavy atom. The van der Waals surface area contributed by atoms with Crippen molar-refractivity contribution in [3.8, 4) is 17.2 Å². The molecule has 46 heavy (non-hydrogen) atoms. The van der Waals surface area contributed by atoms with E-state index in [2.05, 4.69) is 21.3 Å². The molecule has 0 atom stereocenters. The number of carbonyl (C=O) groups excluding carboxylic acids is 4. The second kappa shape index (κ2) is 15.7. The number of aromatic hydroxyl groups is 3. The normalized spacial score (nSPS) is 10.8. The highest BCUT2D eigenvalue weighted by Crippen LogP contribution is 2.16. The Bertz CT molecular complexity index is 1790. The van der Waals surface area contributed by atoms with Crippen LogP contribution in [-0.2, 0) is 16.0 Å². The van der Waals surface area contributed by atoms with Gasteiger partial charge in [0.15, 0.2) is 17.7 Å². The number of amides is 4. The minimum absolute atomic E-state index is 0.231. The van der Waals surface area contributed by atoms with E-state index in [4.69, 9.17) is 18.3 Å². The molecule has 3 rings (SSSR count). The predicted molar refractivity (Wildman–Crippen MR) is 153 cm³/mol. The molecule has 3 aromatic heterocycles. The van der Waals surface area contributed by atoms with Crippen molar-refractivity contribution in [1.29, 1.82) is 0 Å². The van der Waals surface area contributed by atoms with Gasteiger partial charge in [0.05, 0.1) is 19.1 Å². The van der Waals surface area contributed by atoms with E-state index in [1.807, 2.05) is 0 Å². The fourth-order valence-electron chi connectivity index (χ4n) is 3.79. The van der Waals surface area contributed by atoms with E-state index in [1.54, 1.807) is 0 Å². The molecule has 246 valence electrons. The average Bonchev–Trinajstić information content (AvgIpc) is 3.03. The molecule has 0 radical (unpaired) electrons. The molecule has 3 heterocycles. The van der Waals surface area contributed by atoms with Crippen LogP contribution in [0.4, 0.5) is 0 Å². The highest BCUT2D eigenvalue weighted by atomic mass is 16.7. The van der Waals surface area contributed by atoms with Gasteiger partial charge in [0, 0.05) is 58.7 Å². The molecule has 3 aromatic rings. The lowest BCUT2D eigenvalue weighted by atomic mass is 10.1. The van der Waals surface area contributed by atoms with Crippen molar-refractivity contribution >= 4 is 23.6 Å². The SMILES string of the molecule is COC(Cn1cc(C(=O)NCCNC(=O)c2occc(=O)c2O)c(=O)c(O)c1C(=O)NCCNC(=O)c1occc(=O)c1O)OC. The second-order valence-electron chi connectivity index (χ2n) is 9.07. The third-order valence-electron chi connectivity index (χ3n) is 6.10. The van der Waals surface area contributed by atoms with Crippen LogP contribution in [0.15, 0.2) is 54.1 Å². The molecule has 0 saturated heterocycles. The number of rotatable bonds is 14.